The van der Waals surface area contributed by atoms with E-state index in [1.807, 2.05) is 19.9 Å². The van der Waals surface area contributed by atoms with E-state index in [4.69, 9.17) is 4.98 Å². The number of hydrogen-bond donors (Lipinski definition) is 1. The molecule has 10 heteroatoms. The van der Waals surface area contributed by atoms with Gasteiger partial charge in [-0.2, -0.15) is 4.98 Å². The zero-order chi connectivity index (χ0) is 29.5. The maximum absolute atomic E-state index is 16.1. The monoisotopic (exact) mass is 570 g/mol. The fraction of sp³-hybridized carbons (Fsp3) is 0.344. The number of likely N-dealkylation sites (tertiary alicyclic amines) is 1. The fourth-order valence-corrected chi connectivity index (χ4v) is 6.14. The van der Waals surface area contributed by atoms with E-state index in [9.17, 15) is 9.59 Å². The van der Waals surface area contributed by atoms with Crippen molar-refractivity contribution in [3.8, 4) is 16.9 Å². The van der Waals surface area contributed by atoms with Gasteiger partial charge in [0.1, 0.15) is 17.3 Å². The maximum atomic E-state index is 16.1. The number of aromatic nitrogens is 4. The summed E-state index contributed by atoms with van der Waals surface area (Å²) < 4.78 is 32.8. The molecule has 8 nitrogen and oxygen atoms in total. The Labute approximate surface area is 242 Å². The number of pyridine rings is 2. The summed E-state index contributed by atoms with van der Waals surface area (Å²) >= 11 is 0. The minimum absolute atomic E-state index is 0.0153. The molecule has 0 atom stereocenters. The smallest absolute Gasteiger partial charge is 0.354 e. The third-order valence-electron chi connectivity index (χ3n) is 8.21. The Balaban J connectivity index is 1.66. The third kappa shape index (κ3) is 4.74. The molecule has 0 unspecified atom stereocenters. The minimum Gasteiger partial charge on any atom is -0.384 e. The van der Waals surface area contributed by atoms with Crippen LogP contribution in [0, 0.1) is 11.6 Å². The molecule has 3 aromatic heterocycles. The van der Waals surface area contributed by atoms with E-state index in [0.29, 0.717) is 73.5 Å². The maximum Gasteiger partial charge on any atom is 0.354 e. The Morgan fingerprint density at radius 3 is 2.67 bits per heavy atom. The Bertz CT molecular complexity index is 1780. The third-order valence-corrected chi connectivity index (χ3v) is 8.21. The van der Waals surface area contributed by atoms with Crippen LogP contribution in [0.15, 0.2) is 54.0 Å². The molecule has 0 radical (unpaired) electrons. The standard InChI is InChI=1S/C32H32F2N6O2/c1-4-25(41)39-15-11-19(12-16-39)28-21-17-23(34)29-26-22(33)8-5-9-24(26)35-13-6-7-20-10-14-36-27(18(2)3)30(20)40(31(21)37-29)32(42)38-28/h4-5,8-10,14,17-19,35H,1,6-7,11-13,15-16H2,2-3H3. The van der Waals surface area contributed by atoms with Crippen LogP contribution in [0.2, 0.25) is 0 Å². The first-order chi connectivity index (χ1) is 20.3. The summed E-state index contributed by atoms with van der Waals surface area (Å²) in [5, 5.41) is 3.65. The topological polar surface area (TPSA) is 93.0 Å². The Morgan fingerprint density at radius 1 is 1.14 bits per heavy atom. The van der Waals surface area contributed by atoms with Crippen LogP contribution in [-0.2, 0) is 11.2 Å². The van der Waals surface area contributed by atoms with E-state index in [1.165, 1.54) is 22.8 Å². The molecule has 1 saturated heterocycles. The molecule has 216 valence electrons. The van der Waals surface area contributed by atoms with Crippen LogP contribution in [0.5, 0.6) is 0 Å². The highest BCUT2D eigenvalue weighted by Gasteiger charge is 2.30. The van der Waals surface area contributed by atoms with Crippen molar-refractivity contribution < 1.29 is 13.6 Å². The summed E-state index contributed by atoms with van der Waals surface area (Å²) in [4.78, 5) is 41.8. The van der Waals surface area contributed by atoms with E-state index in [-0.39, 0.29) is 34.6 Å². The normalized spacial score (nSPS) is 15.5. The highest BCUT2D eigenvalue weighted by Crippen LogP contribution is 2.37. The molecule has 0 spiro atoms. The predicted molar refractivity (Wildman–Crippen MR) is 158 cm³/mol. The van der Waals surface area contributed by atoms with Gasteiger partial charge in [-0.1, -0.05) is 26.5 Å². The first kappa shape index (κ1) is 27.7. The quantitative estimate of drug-likeness (QED) is 0.327. The number of halogens is 2. The molecule has 1 amide bonds. The second kappa shape index (κ2) is 11.1. The van der Waals surface area contributed by atoms with Crippen LogP contribution in [0.25, 0.3) is 28.0 Å². The van der Waals surface area contributed by atoms with Gasteiger partial charge in [0.25, 0.3) is 0 Å². The van der Waals surface area contributed by atoms with Gasteiger partial charge in [0.05, 0.1) is 22.6 Å². The Morgan fingerprint density at radius 2 is 1.93 bits per heavy atom. The molecule has 4 aromatic rings. The molecular formula is C32H32F2N6O2. The van der Waals surface area contributed by atoms with Gasteiger partial charge in [-0.25, -0.2) is 23.1 Å². The molecule has 42 heavy (non-hydrogen) atoms. The van der Waals surface area contributed by atoms with Crippen LogP contribution in [0.1, 0.15) is 61.9 Å². The van der Waals surface area contributed by atoms with Crippen molar-refractivity contribution in [1.29, 1.82) is 0 Å². The lowest BCUT2D eigenvalue weighted by Gasteiger charge is -2.31. The van der Waals surface area contributed by atoms with Gasteiger partial charge in [-0.15, -0.1) is 0 Å². The summed E-state index contributed by atoms with van der Waals surface area (Å²) in [5.41, 5.74) is 2.55. The largest absolute Gasteiger partial charge is 0.384 e. The number of amides is 1. The molecule has 0 aliphatic carbocycles. The first-order valence-corrected chi connectivity index (χ1v) is 14.3. The molecule has 1 fully saturated rings. The average Bonchev–Trinajstić information content (AvgIpc) is 2.98. The molecule has 2 bridgehead atoms. The molecule has 5 heterocycles. The van der Waals surface area contributed by atoms with Crippen LogP contribution in [-0.4, -0.2) is 50.0 Å². The number of fused-ring (bicyclic) bond motifs is 5. The van der Waals surface area contributed by atoms with Crippen LogP contribution in [0.4, 0.5) is 14.5 Å². The van der Waals surface area contributed by atoms with Crippen LogP contribution < -0.4 is 11.0 Å². The molecule has 1 N–H and O–H groups in total. The Hall–Kier alpha value is -4.47. The number of piperidine rings is 1. The van der Waals surface area contributed by atoms with Crippen molar-refractivity contribution in [3.63, 3.8) is 0 Å². The van der Waals surface area contributed by atoms with E-state index in [1.54, 1.807) is 23.2 Å². The number of hydrogen-bond acceptors (Lipinski definition) is 6. The van der Waals surface area contributed by atoms with Crippen molar-refractivity contribution in [2.75, 3.05) is 25.0 Å². The van der Waals surface area contributed by atoms with Crippen LogP contribution >= 0.6 is 0 Å². The lowest BCUT2D eigenvalue weighted by atomic mass is 9.91. The minimum atomic E-state index is -0.712. The number of carbonyl (C=O) groups excluding carboxylic acids is 1. The van der Waals surface area contributed by atoms with E-state index < -0.39 is 17.3 Å². The average molecular weight is 571 g/mol. The van der Waals surface area contributed by atoms with Crippen molar-refractivity contribution in [2.45, 2.75) is 51.4 Å². The first-order valence-electron chi connectivity index (χ1n) is 14.3. The second-order valence-corrected chi connectivity index (χ2v) is 11.2. The highest BCUT2D eigenvalue weighted by molar-refractivity contribution is 5.88. The zero-order valence-corrected chi connectivity index (χ0v) is 23.7. The SMILES string of the molecule is C=CC(=O)N1CCC(c2nc(=O)n3c4nc(c(F)cc24)-c2c(F)cccc2NCCCc2ccnc(C(C)C)c2-3)CC1. The summed E-state index contributed by atoms with van der Waals surface area (Å²) in [6, 6.07) is 7.77. The predicted octanol–water partition coefficient (Wildman–Crippen LogP) is 5.49. The van der Waals surface area contributed by atoms with E-state index in [0.717, 1.165) is 5.56 Å². The van der Waals surface area contributed by atoms with Gasteiger partial charge < -0.3 is 10.2 Å². The summed E-state index contributed by atoms with van der Waals surface area (Å²) in [6.45, 7) is 8.99. The molecule has 6 rings (SSSR count). The number of rotatable bonds is 3. The molecule has 0 saturated carbocycles. The number of aryl methyl sites for hydroxylation is 1. The number of nitrogens with zero attached hydrogens (tertiary/aromatic N) is 5. The molecular weight excluding hydrogens is 538 g/mol. The van der Waals surface area contributed by atoms with E-state index >= 15 is 8.78 Å². The zero-order valence-electron chi connectivity index (χ0n) is 23.7. The van der Waals surface area contributed by atoms with Crippen molar-refractivity contribution >= 4 is 22.6 Å². The van der Waals surface area contributed by atoms with Gasteiger partial charge in [0.15, 0.2) is 5.65 Å². The van der Waals surface area contributed by atoms with Gasteiger partial charge >= 0.3 is 5.69 Å². The lowest BCUT2D eigenvalue weighted by molar-refractivity contribution is -0.127. The molecule has 1 aromatic carbocycles. The second-order valence-electron chi connectivity index (χ2n) is 11.2. The summed E-state index contributed by atoms with van der Waals surface area (Å²) in [5.74, 6) is -1.71. The van der Waals surface area contributed by atoms with Gasteiger partial charge in [0.2, 0.25) is 5.91 Å². The van der Waals surface area contributed by atoms with E-state index in [2.05, 4.69) is 21.9 Å². The summed E-state index contributed by atoms with van der Waals surface area (Å²) in [6.07, 6.45) is 5.42. The lowest BCUT2D eigenvalue weighted by Crippen LogP contribution is -2.37. The number of anilines is 1. The van der Waals surface area contributed by atoms with Crippen molar-refractivity contribution in [1.82, 2.24) is 24.4 Å². The highest BCUT2D eigenvalue weighted by atomic mass is 19.1. The van der Waals surface area contributed by atoms with Crippen LogP contribution in [0.3, 0.4) is 0 Å². The Kier molecular flexibility index (Phi) is 7.30. The summed E-state index contributed by atoms with van der Waals surface area (Å²) in [7, 11) is 0. The van der Waals surface area contributed by atoms with Crippen molar-refractivity contribution in [2.24, 2.45) is 0 Å². The number of carbonyl (C=O) groups is 1. The molecule has 2 aliphatic rings. The fourth-order valence-electron chi connectivity index (χ4n) is 6.14. The van der Waals surface area contributed by atoms with Crippen molar-refractivity contribution in [3.05, 3.63) is 88.3 Å². The number of benzene rings is 1. The van der Waals surface area contributed by atoms with Gasteiger partial charge in [-0.05, 0) is 67.5 Å². The van der Waals surface area contributed by atoms with Gasteiger partial charge in [0, 0.05) is 42.8 Å². The van der Waals surface area contributed by atoms with Gasteiger partial charge in [-0.3, -0.25) is 9.78 Å². The molecule has 2 aliphatic heterocycles. The number of nitrogens with one attached hydrogen (secondary N) is 1.